The lowest BCUT2D eigenvalue weighted by molar-refractivity contribution is 1.39. The summed E-state index contributed by atoms with van der Waals surface area (Å²) >= 11 is 2.33. The largest absolute Gasteiger partial charge is 0.283 e. The van der Waals surface area contributed by atoms with Crippen LogP contribution in [0.3, 0.4) is 0 Å². The molecule has 0 heterocycles. The molecule has 0 saturated carbocycles. The van der Waals surface area contributed by atoms with E-state index in [2.05, 4.69) is 81.4 Å². The monoisotopic (exact) mass is 309 g/mol. The second kappa shape index (κ2) is 4.66. The summed E-state index contributed by atoms with van der Waals surface area (Å²) in [5.41, 5.74) is 3.73. The molecule has 0 saturated heterocycles. The molecule has 0 amide bonds. The van der Waals surface area contributed by atoms with Crippen molar-refractivity contribution < 1.29 is 0 Å². The van der Waals surface area contributed by atoms with E-state index in [1.165, 1.54) is 16.9 Å². The second-order valence-electron chi connectivity index (χ2n) is 3.40. The Morgan fingerprint density at radius 1 is 0.867 bits per heavy atom. The van der Waals surface area contributed by atoms with Crippen molar-refractivity contribution in [1.82, 2.24) is 0 Å². The lowest BCUT2D eigenvalue weighted by Gasteiger charge is -2.18. The number of benzene rings is 2. The molecule has 0 aliphatic heterocycles. The molecule has 2 aromatic rings. The van der Waals surface area contributed by atoms with Gasteiger partial charge < -0.3 is 0 Å². The zero-order chi connectivity index (χ0) is 10.7. The number of nitrogens with zero attached hydrogens (tertiary/aromatic N) is 1. The molecular formula is C13H12IN. The van der Waals surface area contributed by atoms with E-state index in [1.54, 1.807) is 0 Å². The minimum Gasteiger partial charge on any atom is -0.283 e. The van der Waals surface area contributed by atoms with Crippen LogP contribution >= 0.6 is 22.9 Å². The normalized spacial score (nSPS) is 10.0. The molecule has 76 valence electrons. The van der Waals surface area contributed by atoms with Gasteiger partial charge in [0.15, 0.2) is 0 Å². The van der Waals surface area contributed by atoms with Gasteiger partial charge in [-0.2, -0.15) is 0 Å². The molecule has 0 N–H and O–H groups in total. The highest BCUT2D eigenvalue weighted by molar-refractivity contribution is 14.1. The fourth-order valence-corrected chi connectivity index (χ4v) is 2.34. The Balaban J connectivity index is 2.37. The number of halogens is 1. The van der Waals surface area contributed by atoms with Crippen molar-refractivity contribution in [2.45, 2.75) is 6.92 Å². The molecule has 0 atom stereocenters. The van der Waals surface area contributed by atoms with Crippen LogP contribution in [0.1, 0.15) is 5.56 Å². The van der Waals surface area contributed by atoms with Crippen LogP contribution in [-0.2, 0) is 0 Å². The van der Waals surface area contributed by atoms with E-state index in [4.69, 9.17) is 0 Å². The van der Waals surface area contributed by atoms with E-state index in [-0.39, 0.29) is 0 Å². The van der Waals surface area contributed by atoms with Crippen LogP contribution in [0.4, 0.5) is 11.4 Å². The Hall–Kier alpha value is -1.03. The van der Waals surface area contributed by atoms with Crippen LogP contribution in [0, 0.1) is 6.92 Å². The van der Waals surface area contributed by atoms with E-state index < -0.39 is 0 Å². The number of rotatable bonds is 2. The summed E-state index contributed by atoms with van der Waals surface area (Å²) in [5, 5.41) is 0. The van der Waals surface area contributed by atoms with Crippen molar-refractivity contribution in [2.75, 3.05) is 3.11 Å². The van der Waals surface area contributed by atoms with Crippen LogP contribution in [-0.4, -0.2) is 0 Å². The highest BCUT2D eigenvalue weighted by atomic mass is 127. The Morgan fingerprint density at radius 3 is 2.13 bits per heavy atom. The Labute approximate surface area is 104 Å². The minimum atomic E-state index is 1.20. The molecule has 0 radical (unpaired) electrons. The minimum absolute atomic E-state index is 1.20. The van der Waals surface area contributed by atoms with Gasteiger partial charge in [-0.3, -0.25) is 3.11 Å². The van der Waals surface area contributed by atoms with Crippen molar-refractivity contribution in [2.24, 2.45) is 0 Å². The zero-order valence-corrected chi connectivity index (χ0v) is 10.7. The number of hydrogen-bond donors (Lipinski definition) is 0. The van der Waals surface area contributed by atoms with Gasteiger partial charge in [-0.1, -0.05) is 36.4 Å². The van der Waals surface area contributed by atoms with Crippen molar-refractivity contribution in [1.29, 1.82) is 0 Å². The second-order valence-corrected chi connectivity index (χ2v) is 4.37. The molecule has 0 aliphatic rings. The van der Waals surface area contributed by atoms with Gasteiger partial charge in [-0.15, -0.1) is 0 Å². The van der Waals surface area contributed by atoms with E-state index >= 15 is 0 Å². The van der Waals surface area contributed by atoms with Crippen molar-refractivity contribution in [3.63, 3.8) is 0 Å². The lowest BCUT2D eigenvalue weighted by Crippen LogP contribution is -2.01. The van der Waals surface area contributed by atoms with E-state index in [1.807, 2.05) is 6.07 Å². The predicted molar refractivity (Wildman–Crippen MR) is 73.8 cm³/mol. The summed E-state index contributed by atoms with van der Waals surface area (Å²) in [7, 11) is 0. The molecule has 0 unspecified atom stereocenters. The summed E-state index contributed by atoms with van der Waals surface area (Å²) < 4.78 is 2.17. The van der Waals surface area contributed by atoms with Crippen LogP contribution in [0.25, 0.3) is 0 Å². The van der Waals surface area contributed by atoms with E-state index in [9.17, 15) is 0 Å². The first-order chi connectivity index (χ1) is 7.29. The predicted octanol–water partition coefficient (Wildman–Crippen LogP) is 4.48. The molecule has 0 aliphatic carbocycles. The molecule has 0 aromatic heterocycles. The van der Waals surface area contributed by atoms with E-state index in [0.29, 0.717) is 0 Å². The highest BCUT2D eigenvalue weighted by Gasteiger charge is 2.06. The summed E-state index contributed by atoms with van der Waals surface area (Å²) in [6.07, 6.45) is 0. The summed E-state index contributed by atoms with van der Waals surface area (Å²) in [4.78, 5) is 0. The molecule has 0 bridgehead atoms. The number of anilines is 2. The lowest BCUT2D eigenvalue weighted by atomic mass is 10.2. The molecule has 15 heavy (non-hydrogen) atoms. The summed E-state index contributed by atoms with van der Waals surface area (Å²) in [6, 6.07) is 18.8. The average molecular weight is 309 g/mol. The molecular weight excluding hydrogens is 297 g/mol. The fraction of sp³-hybridized carbons (Fsp3) is 0.0769. The Bertz CT molecular complexity index is 439. The van der Waals surface area contributed by atoms with Crippen molar-refractivity contribution >= 4 is 34.2 Å². The smallest absolute Gasteiger partial charge is 0.0646 e. The van der Waals surface area contributed by atoms with Gasteiger partial charge in [0.05, 0.1) is 34.2 Å². The Morgan fingerprint density at radius 2 is 1.47 bits per heavy atom. The van der Waals surface area contributed by atoms with Gasteiger partial charge in [-0.05, 0) is 30.7 Å². The summed E-state index contributed by atoms with van der Waals surface area (Å²) in [5.74, 6) is 0. The third-order valence-corrected chi connectivity index (χ3v) is 3.39. The van der Waals surface area contributed by atoms with Gasteiger partial charge in [0, 0.05) is 0 Å². The van der Waals surface area contributed by atoms with E-state index in [0.717, 1.165) is 0 Å². The SMILES string of the molecule is Cc1ccccc1N(I)c1ccccc1. The Kier molecular flexibility index (Phi) is 3.26. The molecule has 2 rings (SSSR count). The molecule has 1 nitrogen and oxygen atoms in total. The number of hydrogen-bond acceptors (Lipinski definition) is 1. The standard InChI is InChI=1S/C13H12IN/c1-11-7-5-6-10-13(11)15(14)12-8-3-2-4-9-12/h2-10H,1H3. The molecule has 0 fully saturated rings. The number of aryl methyl sites for hydroxylation is 1. The van der Waals surface area contributed by atoms with Crippen LogP contribution in [0.15, 0.2) is 54.6 Å². The summed E-state index contributed by atoms with van der Waals surface area (Å²) in [6.45, 7) is 2.13. The van der Waals surface area contributed by atoms with Crippen LogP contribution < -0.4 is 3.11 Å². The maximum atomic E-state index is 2.33. The average Bonchev–Trinajstić information content (AvgIpc) is 2.30. The molecule has 2 aromatic carbocycles. The quantitative estimate of drug-likeness (QED) is 0.584. The van der Waals surface area contributed by atoms with Gasteiger partial charge in [0.1, 0.15) is 0 Å². The maximum Gasteiger partial charge on any atom is 0.0646 e. The molecule has 2 heteroatoms. The van der Waals surface area contributed by atoms with Gasteiger partial charge in [0.25, 0.3) is 0 Å². The van der Waals surface area contributed by atoms with Crippen molar-refractivity contribution in [3.05, 3.63) is 60.2 Å². The van der Waals surface area contributed by atoms with Crippen LogP contribution in [0.2, 0.25) is 0 Å². The van der Waals surface area contributed by atoms with Gasteiger partial charge >= 0.3 is 0 Å². The topological polar surface area (TPSA) is 3.24 Å². The van der Waals surface area contributed by atoms with Gasteiger partial charge in [-0.25, -0.2) is 0 Å². The maximum absolute atomic E-state index is 2.33. The zero-order valence-electron chi connectivity index (χ0n) is 8.52. The first-order valence-corrected chi connectivity index (χ1v) is 5.82. The molecule has 0 spiro atoms. The third kappa shape index (κ3) is 2.31. The van der Waals surface area contributed by atoms with Crippen LogP contribution in [0.5, 0.6) is 0 Å². The number of para-hydroxylation sites is 2. The fourth-order valence-electron chi connectivity index (χ4n) is 1.48. The van der Waals surface area contributed by atoms with Crippen molar-refractivity contribution in [3.8, 4) is 0 Å². The first-order valence-electron chi connectivity index (χ1n) is 4.85. The van der Waals surface area contributed by atoms with Gasteiger partial charge in [0.2, 0.25) is 0 Å². The highest BCUT2D eigenvalue weighted by Crippen LogP contribution is 2.31. The third-order valence-electron chi connectivity index (χ3n) is 2.31. The first kappa shape index (κ1) is 10.5.